The first-order valence-corrected chi connectivity index (χ1v) is 8.73. The third-order valence-electron chi connectivity index (χ3n) is 3.58. The highest BCUT2D eigenvalue weighted by molar-refractivity contribution is 7.10. The van der Waals surface area contributed by atoms with E-state index < -0.39 is 5.82 Å². The van der Waals surface area contributed by atoms with Gasteiger partial charge in [0.2, 0.25) is 0 Å². The average molecular weight is 363 g/mol. The van der Waals surface area contributed by atoms with E-state index >= 15 is 0 Å². The Bertz CT molecular complexity index is 987. The summed E-state index contributed by atoms with van der Waals surface area (Å²) in [6, 6.07) is 18.7. The van der Waals surface area contributed by atoms with Crippen LogP contribution in [-0.4, -0.2) is 5.97 Å². The second-order valence-corrected chi connectivity index (χ2v) is 6.48. The maximum absolute atomic E-state index is 13.9. The zero-order valence-corrected chi connectivity index (χ0v) is 14.5. The topological polar surface area (TPSA) is 50.1 Å². The molecule has 0 saturated carbocycles. The number of benzene rings is 2. The second kappa shape index (κ2) is 8.24. The van der Waals surface area contributed by atoms with Crippen LogP contribution in [0.2, 0.25) is 0 Å². The standard InChI is InChI=1S/C21H14FNO2S/c22-20-9-2-1-8-19(20)16(14-23)11-15-5-3-6-17(12-15)25-21(24)13-18-7-4-10-26-18/h1-12H,13H2/b16-11-. The smallest absolute Gasteiger partial charge is 0.316 e. The maximum Gasteiger partial charge on any atom is 0.316 e. The molecule has 0 saturated heterocycles. The van der Waals surface area contributed by atoms with Crippen LogP contribution >= 0.6 is 11.3 Å². The van der Waals surface area contributed by atoms with E-state index in [0.717, 1.165) is 4.88 Å². The molecule has 1 aromatic heterocycles. The Morgan fingerprint density at radius 3 is 2.73 bits per heavy atom. The maximum atomic E-state index is 13.9. The van der Waals surface area contributed by atoms with Gasteiger partial charge in [0, 0.05) is 10.4 Å². The third kappa shape index (κ3) is 4.44. The van der Waals surface area contributed by atoms with Crippen LogP contribution in [-0.2, 0) is 11.2 Å². The Morgan fingerprint density at radius 1 is 1.15 bits per heavy atom. The Balaban J connectivity index is 1.79. The lowest BCUT2D eigenvalue weighted by atomic mass is 10.0. The first kappa shape index (κ1) is 17.6. The minimum absolute atomic E-state index is 0.199. The lowest BCUT2D eigenvalue weighted by Crippen LogP contribution is -2.10. The van der Waals surface area contributed by atoms with E-state index in [9.17, 15) is 14.4 Å². The number of nitriles is 1. The van der Waals surface area contributed by atoms with Gasteiger partial charge < -0.3 is 4.74 Å². The number of carbonyl (C=O) groups excluding carboxylic acids is 1. The van der Waals surface area contributed by atoms with E-state index in [1.165, 1.54) is 17.4 Å². The van der Waals surface area contributed by atoms with Gasteiger partial charge in [-0.3, -0.25) is 4.79 Å². The second-order valence-electron chi connectivity index (χ2n) is 5.45. The van der Waals surface area contributed by atoms with Gasteiger partial charge in [-0.15, -0.1) is 11.3 Å². The molecule has 26 heavy (non-hydrogen) atoms. The minimum atomic E-state index is -0.459. The quantitative estimate of drug-likeness (QED) is 0.274. The average Bonchev–Trinajstić information content (AvgIpc) is 3.13. The first-order chi connectivity index (χ1) is 12.7. The highest BCUT2D eigenvalue weighted by Crippen LogP contribution is 2.23. The fourth-order valence-electron chi connectivity index (χ4n) is 2.41. The summed E-state index contributed by atoms with van der Waals surface area (Å²) in [4.78, 5) is 12.9. The molecule has 3 rings (SSSR count). The van der Waals surface area contributed by atoms with E-state index in [1.807, 2.05) is 23.6 Å². The molecule has 1 heterocycles. The van der Waals surface area contributed by atoms with Gasteiger partial charge in [0.15, 0.2) is 0 Å². The number of carbonyl (C=O) groups is 1. The van der Waals surface area contributed by atoms with Crippen LogP contribution in [0.1, 0.15) is 16.0 Å². The van der Waals surface area contributed by atoms with E-state index in [4.69, 9.17) is 4.74 Å². The lowest BCUT2D eigenvalue weighted by molar-refractivity contribution is -0.133. The Kier molecular flexibility index (Phi) is 5.57. The zero-order chi connectivity index (χ0) is 18.4. The van der Waals surface area contributed by atoms with Gasteiger partial charge in [0.05, 0.1) is 18.1 Å². The zero-order valence-electron chi connectivity index (χ0n) is 13.7. The molecule has 0 unspecified atom stereocenters. The fourth-order valence-corrected chi connectivity index (χ4v) is 3.10. The summed E-state index contributed by atoms with van der Waals surface area (Å²) < 4.78 is 19.3. The third-order valence-corrected chi connectivity index (χ3v) is 4.46. The van der Waals surface area contributed by atoms with Gasteiger partial charge in [-0.25, -0.2) is 4.39 Å². The van der Waals surface area contributed by atoms with Crippen molar-refractivity contribution < 1.29 is 13.9 Å². The van der Waals surface area contributed by atoms with Crippen LogP contribution in [0.3, 0.4) is 0 Å². The van der Waals surface area contributed by atoms with Crippen LogP contribution in [0.4, 0.5) is 4.39 Å². The van der Waals surface area contributed by atoms with Gasteiger partial charge in [0.1, 0.15) is 11.6 Å². The number of thiophene rings is 1. The van der Waals surface area contributed by atoms with Gasteiger partial charge in [-0.05, 0) is 41.3 Å². The molecule has 0 aliphatic carbocycles. The number of hydrogen-bond acceptors (Lipinski definition) is 4. The summed E-state index contributed by atoms with van der Waals surface area (Å²) >= 11 is 1.49. The lowest BCUT2D eigenvalue weighted by Gasteiger charge is -2.05. The number of rotatable bonds is 5. The molecular formula is C21H14FNO2S. The Morgan fingerprint density at radius 2 is 2.00 bits per heavy atom. The van der Waals surface area contributed by atoms with Crippen LogP contribution in [0, 0.1) is 17.1 Å². The number of nitrogens with zero attached hydrogens (tertiary/aromatic N) is 1. The SMILES string of the molecule is N#C/C(=C/c1cccc(OC(=O)Cc2cccs2)c1)c1ccccc1F. The molecule has 128 valence electrons. The molecule has 0 fully saturated rings. The largest absolute Gasteiger partial charge is 0.426 e. The molecule has 3 nitrogen and oxygen atoms in total. The van der Waals surface area contributed by atoms with E-state index in [-0.39, 0.29) is 23.5 Å². The summed E-state index contributed by atoms with van der Waals surface area (Å²) in [5.74, 6) is -0.437. The molecule has 0 radical (unpaired) electrons. The van der Waals surface area contributed by atoms with Crippen LogP contribution in [0.5, 0.6) is 5.75 Å². The minimum Gasteiger partial charge on any atom is -0.426 e. The number of allylic oxidation sites excluding steroid dienone is 1. The molecule has 0 amide bonds. The number of ether oxygens (including phenoxy) is 1. The van der Waals surface area contributed by atoms with Crippen molar-refractivity contribution >= 4 is 29.0 Å². The Hall–Kier alpha value is -3.23. The number of hydrogen-bond donors (Lipinski definition) is 0. The summed E-state index contributed by atoms with van der Waals surface area (Å²) in [6.45, 7) is 0. The first-order valence-electron chi connectivity index (χ1n) is 7.85. The molecule has 5 heteroatoms. The predicted octanol–water partition coefficient (Wildman–Crippen LogP) is 5.10. The van der Waals surface area contributed by atoms with Crippen LogP contribution < -0.4 is 4.74 Å². The molecule has 0 spiro atoms. The number of esters is 1. The van der Waals surface area contributed by atoms with Crippen molar-refractivity contribution in [3.63, 3.8) is 0 Å². The molecule has 2 aromatic carbocycles. The summed E-state index contributed by atoms with van der Waals surface area (Å²) in [5.41, 5.74) is 1.08. The fraction of sp³-hybridized carbons (Fsp3) is 0.0476. The van der Waals surface area contributed by atoms with E-state index in [0.29, 0.717) is 11.3 Å². The molecule has 3 aromatic rings. The normalized spacial score (nSPS) is 11.0. The van der Waals surface area contributed by atoms with Crippen molar-refractivity contribution in [2.45, 2.75) is 6.42 Å². The summed E-state index contributed by atoms with van der Waals surface area (Å²) in [6.07, 6.45) is 1.77. The molecule has 0 atom stereocenters. The van der Waals surface area contributed by atoms with E-state index in [2.05, 4.69) is 0 Å². The number of halogens is 1. The van der Waals surface area contributed by atoms with Gasteiger partial charge in [-0.2, -0.15) is 5.26 Å². The molecule has 0 N–H and O–H groups in total. The van der Waals surface area contributed by atoms with Crippen molar-refractivity contribution in [2.75, 3.05) is 0 Å². The monoisotopic (exact) mass is 363 g/mol. The van der Waals surface area contributed by atoms with Crippen LogP contribution in [0.25, 0.3) is 11.6 Å². The predicted molar refractivity (Wildman–Crippen MR) is 100.0 cm³/mol. The van der Waals surface area contributed by atoms with Crippen molar-refractivity contribution in [3.8, 4) is 11.8 Å². The highest BCUT2D eigenvalue weighted by atomic mass is 32.1. The van der Waals surface area contributed by atoms with Crippen molar-refractivity contribution in [2.24, 2.45) is 0 Å². The van der Waals surface area contributed by atoms with E-state index in [1.54, 1.807) is 48.5 Å². The van der Waals surface area contributed by atoms with Crippen molar-refractivity contribution in [3.05, 3.63) is 87.9 Å². The molecule has 0 bridgehead atoms. The van der Waals surface area contributed by atoms with Crippen molar-refractivity contribution in [1.29, 1.82) is 5.26 Å². The van der Waals surface area contributed by atoms with Crippen molar-refractivity contribution in [1.82, 2.24) is 0 Å². The summed E-state index contributed by atoms with van der Waals surface area (Å²) in [7, 11) is 0. The molecule has 0 aliphatic heterocycles. The van der Waals surface area contributed by atoms with Gasteiger partial charge in [-0.1, -0.05) is 36.4 Å². The summed E-state index contributed by atoms with van der Waals surface area (Å²) in [5, 5.41) is 11.3. The van der Waals surface area contributed by atoms with Gasteiger partial charge in [0.25, 0.3) is 0 Å². The molecular weight excluding hydrogens is 349 g/mol. The molecule has 0 aliphatic rings. The van der Waals surface area contributed by atoms with Crippen LogP contribution in [0.15, 0.2) is 66.0 Å². The van der Waals surface area contributed by atoms with Gasteiger partial charge >= 0.3 is 5.97 Å². The highest BCUT2D eigenvalue weighted by Gasteiger charge is 2.09. The Labute approximate surface area is 154 Å².